The third-order valence-electron chi connectivity index (χ3n) is 6.46. The number of benzene rings is 1. The average molecular weight is 442 g/mol. The van der Waals surface area contributed by atoms with Crippen LogP contribution in [0.25, 0.3) is 21.3 Å². The molecule has 0 N–H and O–H groups in total. The van der Waals surface area contributed by atoms with E-state index in [-0.39, 0.29) is 23.6 Å². The fourth-order valence-electron chi connectivity index (χ4n) is 5.03. The number of ketones is 1. The standard InChI is InChI=1S/C25H27NO2S.ClH/c1-14-5-10-17-20(11-14)29-24-22(17)21(15-6-8-16(28-4)9-7-15)23-18(26-24)12-25(2,3)13-19(23)27;/h6-9,14H,5,10-13H2,1-4H3;1H. The average Bonchev–Trinajstić information content (AvgIpc) is 3.02. The van der Waals surface area contributed by atoms with Gasteiger partial charge in [-0.1, -0.05) is 32.9 Å². The first-order valence-corrected chi connectivity index (χ1v) is 11.3. The van der Waals surface area contributed by atoms with Crippen LogP contribution in [-0.4, -0.2) is 17.9 Å². The highest BCUT2D eigenvalue weighted by Crippen LogP contribution is 2.47. The second-order valence-electron chi connectivity index (χ2n) is 9.51. The number of hydrogen-bond acceptors (Lipinski definition) is 4. The first-order chi connectivity index (χ1) is 13.9. The Balaban J connectivity index is 0.00000218. The van der Waals surface area contributed by atoms with Gasteiger partial charge >= 0.3 is 0 Å². The summed E-state index contributed by atoms with van der Waals surface area (Å²) in [6, 6.07) is 8.17. The van der Waals surface area contributed by atoms with Gasteiger partial charge in [0.05, 0.1) is 12.8 Å². The molecule has 5 heteroatoms. The first-order valence-electron chi connectivity index (χ1n) is 10.5. The molecule has 1 unspecified atom stereocenters. The van der Waals surface area contributed by atoms with Gasteiger partial charge in [0.15, 0.2) is 5.78 Å². The van der Waals surface area contributed by atoms with E-state index >= 15 is 0 Å². The molecule has 1 aromatic carbocycles. The van der Waals surface area contributed by atoms with Crippen molar-refractivity contribution in [1.29, 1.82) is 0 Å². The van der Waals surface area contributed by atoms with Crippen molar-refractivity contribution in [1.82, 2.24) is 4.98 Å². The number of hydrogen-bond donors (Lipinski definition) is 0. The number of methoxy groups -OCH3 is 1. The number of rotatable bonds is 2. The van der Waals surface area contributed by atoms with Crippen molar-refractivity contribution in [3.63, 3.8) is 0 Å². The number of ether oxygens (including phenoxy) is 1. The van der Waals surface area contributed by atoms with Gasteiger partial charge in [0.25, 0.3) is 0 Å². The van der Waals surface area contributed by atoms with Crippen molar-refractivity contribution in [2.75, 3.05) is 7.11 Å². The minimum atomic E-state index is -0.0344. The first kappa shape index (κ1) is 21.3. The van der Waals surface area contributed by atoms with E-state index in [0.717, 1.165) is 58.1 Å². The number of carbonyl (C=O) groups excluding carboxylic acids is 1. The predicted molar refractivity (Wildman–Crippen MR) is 126 cm³/mol. The van der Waals surface area contributed by atoms with E-state index in [1.165, 1.54) is 22.2 Å². The van der Waals surface area contributed by atoms with Crippen molar-refractivity contribution in [2.45, 2.75) is 52.9 Å². The summed E-state index contributed by atoms with van der Waals surface area (Å²) < 4.78 is 5.36. The van der Waals surface area contributed by atoms with Gasteiger partial charge in [-0.2, -0.15) is 0 Å². The summed E-state index contributed by atoms with van der Waals surface area (Å²) in [5.74, 6) is 1.79. The van der Waals surface area contributed by atoms with Crippen LogP contribution in [0.15, 0.2) is 24.3 Å². The summed E-state index contributed by atoms with van der Waals surface area (Å²) in [6.07, 6.45) is 4.85. The van der Waals surface area contributed by atoms with E-state index in [1.54, 1.807) is 7.11 Å². The van der Waals surface area contributed by atoms with Crippen LogP contribution in [0.4, 0.5) is 0 Å². The number of aromatic nitrogens is 1. The minimum absolute atomic E-state index is 0. The highest BCUT2D eigenvalue weighted by Gasteiger charge is 2.36. The smallest absolute Gasteiger partial charge is 0.165 e. The number of aryl methyl sites for hydroxylation is 1. The van der Waals surface area contributed by atoms with Crippen molar-refractivity contribution in [3.05, 3.63) is 46.0 Å². The molecule has 2 heterocycles. The van der Waals surface area contributed by atoms with Crippen LogP contribution in [0.5, 0.6) is 5.75 Å². The lowest BCUT2D eigenvalue weighted by Crippen LogP contribution is -2.28. The molecule has 2 aliphatic carbocycles. The van der Waals surface area contributed by atoms with E-state index < -0.39 is 0 Å². The molecule has 0 spiro atoms. The summed E-state index contributed by atoms with van der Waals surface area (Å²) in [5, 5.41) is 1.23. The van der Waals surface area contributed by atoms with E-state index in [9.17, 15) is 4.79 Å². The molecule has 1 atom stereocenters. The molecule has 0 amide bonds. The zero-order valence-electron chi connectivity index (χ0n) is 18.0. The SMILES string of the molecule is COc1ccc(-c2c3c(nc4sc5c(c24)CCC(C)C5)CC(C)(C)CC3=O)cc1.Cl. The summed E-state index contributed by atoms with van der Waals surface area (Å²) in [7, 11) is 1.68. The summed E-state index contributed by atoms with van der Waals surface area (Å²) in [4.78, 5) is 21.0. The molecule has 2 aromatic heterocycles. The molecule has 30 heavy (non-hydrogen) atoms. The number of fused-ring (bicyclic) bond motifs is 4. The van der Waals surface area contributed by atoms with Gasteiger partial charge in [0.2, 0.25) is 0 Å². The van der Waals surface area contributed by atoms with Crippen LogP contribution >= 0.6 is 23.7 Å². The minimum Gasteiger partial charge on any atom is -0.497 e. The molecule has 3 nitrogen and oxygen atoms in total. The van der Waals surface area contributed by atoms with Crippen LogP contribution in [0, 0.1) is 11.3 Å². The molecular formula is C25H28ClNO2S. The Morgan fingerprint density at radius 1 is 1.13 bits per heavy atom. The lowest BCUT2D eigenvalue weighted by molar-refractivity contribution is 0.0911. The van der Waals surface area contributed by atoms with E-state index in [0.29, 0.717) is 6.42 Å². The van der Waals surface area contributed by atoms with Crippen molar-refractivity contribution < 1.29 is 9.53 Å². The summed E-state index contributed by atoms with van der Waals surface area (Å²) in [6.45, 7) is 6.68. The van der Waals surface area contributed by atoms with Crippen molar-refractivity contribution in [2.24, 2.45) is 11.3 Å². The molecule has 0 bridgehead atoms. The fourth-order valence-corrected chi connectivity index (χ4v) is 6.45. The van der Waals surface area contributed by atoms with E-state index in [1.807, 2.05) is 23.5 Å². The molecule has 0 saturated carbocycles. The third-order valence-corrected chi connectivity index (χ3v) is 7.61. The zero-order valence-corrected chi connectivity index (χ0v) is 19.6. The van der Waals surface area contributed by atoms with Crippen LogP contribution in [0.2, 0.25) is 0 Å². The predicted octanol–water partition coefficient (Wildman–Crippen LogP) is 6.67. The van der Waals surface area contributed by atoms with Gasteiger partial charge in [-0.25, -0.2) is 4.98 Å². The molecule has 158 valence electrons. The Bertz CT molecular complexity index is 1130. The Morgan fingerprint density at radius 3 is 2.57 bits per heavy atom. The Hall–Kier alpha value is -1.91. The Morgan fingerprint density at radius 2 is 1.87 bits per heavy atom. The van der Waals surface area contributed by atoms with Crippen molar-refractivity contribution >= 4 is 39.7 Å². The molecular weight excluding hydrogens is 414 g/mol. The second-order valence-corrected chi connectivity index (χ2v) is 10.6. The van der Waals surface area contributed by atoms with Crippen LogP contribution < -0.4 is 4.74 Å². The number of halogens is 1. The monoisotopic (exact) mass is 441 g/mol. The number of pyridine rings is 1. The number of carbonyl (C=O) groups is 1. The van der Waals surface area contributed by atoms with Crippen LogP contribution in [0.3, 0.4) is 0 Å². The van der Waals surface area contributed by atoms with Crippen LogP contribution in [-0.2, 0) is 19.3 Å². The largest absolute Gasteiger partial charge is 0.497 e. The normalized spacial score (nSPS) is 19.7. The molecule has 2 aliphatic rings. The van der Waals surface area contributed by atoms with Gasteiger partial charge < -0.3 is 4.74 Å². The Kier molecular flexibility index (Phi) is 5.44. The lowest BCUT2D eigenvalue weighted by Gasteiger charge is -2.31. The number of Topliss-reactive ketones (excluding diaryl/α,β-unsaturated/α-hetero) is 1. The van der Waals surface area contributed by atoms with Gasteiger partial charge in [0, 0.05) is 27.8 Å². The van der Waals surface area contributed by atoms with E-state index in [4.69, 9.17) is 9.72 Å². The lowest BCUT2D eigenvalue weighted by atomic mass is 9.73. The highest BCUT2D eigenvalue weighted by molar-refractivity contribution is 7.19. The molecule has 5 rings (SSSR count). The molecule has 0 saturated heterocycles. The van der Waals surface area contributed by atoms with Crippen molar-refractivity contribution in [3.8, 4) is 16.9 Å². The highest BCUT2D eigenvalue weighted by atomic mass is 35.5. The molecule has 0 fully saturated rings. The zero-order chi connectivity index (χ0) is 20.3. The molecule has 3 aromatic rings. The topological polar surface area (TPSA) is 39.2 Å². The maximum absolute atomic E-state index is 13.3. The Labute approximate surface area is 188 Å². The third kappa shape index (κ3) is 3.44. The van der Waals surface area contributed by atoms with Gasteiger partial charge in [0.1, 0.15) is 10.6 Å². The number of thiophene rings is 1. The summed E-state index contributed by atoms with van der Waals surface area (Å²) >= 11 is 1.85. The summed E-state index contributed by atoms with van der Waals surface area (Å²) in [5.41, 5.74) is 5.45. The molecule has 0 aliphatic heterocycles. The number of nitrogens with zero attached hydrogens (tertiary/aromatic N) is 1. The van der Waals surface area contributed by atoms with E-state index in [2.05, 4.69) is 32.9 Å². The van der Waals surface area contributed by atoms with Crippen LogP contribution in [0.1, 0.15) is 60.1 Å². The quantitative estimate of drug-likeness (QED) is 0.445. The molecule has 0 radical (unpaired) electrons. The van der Waals surface area contributed by atoms with Gasteiger partial charge in [-0.05, 0) is 60.3 Å². The van der Waals surface area contributed by atoms with Gasteiger partial charge in [-0.15, -0.1) is 23.7 Å². The second kappa shape index (κ2) is 7.65. The fraction of sp³-hybridized carbons (Fsp3) is 0.440. The maximum atomic E-state index is 13.3. The maximum Gasteiger partial charge on any atom is 0.165 e. The van der Waals surface area contributed by atoms with Gasteiger partial charge in [-0.3, -0.25) is 4.79 Å².